The predicted octanol–water partition coefficient (Wildman–Crippen LogP) is 4.68. The molecule has 0 bridgehead atoms. The first-order valence-electron chi connectivity index (χ1n) is 9.42. The smallest absolute Gasteiger partial charge is 0.350 e. The molecule has 0 unspecified atom stereocenters. The van der Waals surface area contributed by atoms with Crippen molar-refractivity contribution >= 4 is 50.1 Å². The zero-order chi connectivity index (χ0) is 23.2. The van der Waals surface area contributed by atoms with Crippen LogP contribution in [0.4, 0.5) is 5.13 Å². The van der Waals surface area contributed by atoms with Gasteiger partial charge in [0.1, 0.15) is 10.6 Å². The number of aliphatic hydroxyl groups excluding tert-OH is 1. The minimum Gasteiger partial charge on any atom is -0.503 e. The lowest BCUT2D eigenvalue weighted by atomic mass is 9.95. The molecule has 32 heavy (non-hydrogen) atoms. The fraction of sp³-hybridized carbons (Fsp3) is 0.182. The van der Waals surface area contributed by atoms with Crippen LogP contribution in [0, 0.1) is 13.8 Å². The van der Waals surface area contributed by atoms with Gasteiger partial charge in [-0.15, -0.1) is 0 Å². The van der Waals surface area contributed by atoms with Crippen molar-refractivity contribution in [1.82, 2.24) is 4.98 Å². The largest absolute Gasteiger partial charge is 0.503 e. The summed E-state index contributed by atoms with van der Waals surface area (Å²) in [7, 11) is 1.25. The van der Waals surface area contributed by atoms with Crippen LogP contribution in [0.25, 0.3) is 0 Å². The van der Waals surface area contributed by atoms with Gasteiger partial charge in [0.15, 0.2) is 16.7 Å². The summed E-state index contributed by atoms with van der Waals surface area (Å²) < 4.78 is 11.0. The molecular weight excluding hydrogens is 500 g/mol. The summed E-state index contributed by atoms with van der Waals surface area (Å²) in [4.78, 5) is 44.3. The maximum Gasteiger partial charge on any atom is 0.350 e. The van der Waals surface area contributed by atoms with Crippen LogP contribution in [0.15, 0.2) is 56.6 Å². The van der Waals surface area contributed by atoms with Crippen LogP contribution in [0.1, 0.15) is 43.3 Å². The number of hydrogen-bond donors (Lipinski definition) is 1. The lowest BCUT2D eigenvalue weighted by Crippen LogP contribution is -2.31. The number of esters is 1. The molecule has 2 aromatic heterocycles. The molecule has 1 atom stereocenters. The topological polar surface area (TPSA) is 110 Å². The fourth-order valence-electron chi connectivity index (χ4n) is 3.48. The Morgan fingerprint density at radius 2 is 2.00 bits per heavy atom. The zero-order valence-corrected chi connectivity index (χ0v) is 19.6. The number of thiazole rings is 1. The molecule has 4 rings (SSSR count). The molecule has 0 spiro atoms. The van der Waals surface area contributed by atoms with Crippen LogP contribution in [0.2, 0.25) is 0 Å². The third kappa shape index (κ3) is 3.65. The lowest BCUT2D eigenvalue weighted by Gasteiger charge is -2.24. The summed E-state index contributed by atoms with van der Waals surface area (Å²) >= 11 is 4.35. The highest BCUT2D eigenvalue weighted by molar-refractivity contribution is 9.10. The number of aromatic nitrogens is 1. The highest BCUT2D eigenvalue weighted by atomic mass is 79.9. The Balaban J connectivity index is 1.88. The number of carbonyl (C=O) groups is 3. The van der Waals surface area contributed by atoms with Crippen LogP contribution in [0.3, 0.4) is 0 Å². The van der Waals surface area contributed by atoms with Crippen LogP contribution < -0.4 is 4.90 Å². The average molecular weight is 517 g/mol. The molecule has 0 saturated carbocycles. The highest BCUT2D eigenvalue weighted by Gasteiger charge is 2.46. The van der Waals surface area contributed by atoms with Gasteiger partial charge in [-0.1, -0.05) is 39.4 Å². The first kappa shape index (κ1) is 22.0. The number of benzene rings is 1. The van der Waals surface area contributed by atoms with E-state index in [1.807, 2.05) is 0 Å². The Labute approximate surface area is 195 Å². The molecule has 1 aliphatic heterocycles. The first-order valence-corrected chi connectivity index (χ1v) is 11.0. The number of amides is 1. The molecule has 10 heteroatoms. The minimum atomic E-state index is -0.978. The molecule has 1 N–H and O–H groups in total. The van der Waals surface area contributed by atoms with Gasteiger partial charge >= 0.3 is 5.97 Å². The van der Waals surface area contributed by atoms with Gasteiger partial charge in [-0.05, 0) is 43.7 Å². The highest BCUT2D eigenvalue weighted by Crippen LogP contribution is 2.44. The Morgan fingerprint density at radius 3 is 2.62 bits per heavy atom. The number of aliphatic hydroxyl groups is 1. The van der Waals surface area contributed by atoms with Gasteiger partial charge < -0.3 is 14.3 Å². The van der Waals surface area contributed by atoms with Crippen molar-refractivity contribution in [2.24, 2.45) is 0 Å². The molecule has 0 aliphatic carbocycles. The molecule has 0 fully saturated rings. The lowest BCUT2D eigenvalue weighted by molar-refractivity contribution is -0.117. The van der Waals surface area contributed by atoms with E-state index in [0.29, 0.717) is 17.0 Å². The van der Waals surface area contributed by atoms with Crippen LogP contribution >= 0.6 is 27.3 Å². The number of methoxy groups -OCH3 is 1. The summed E-state index contributed by atoms with van der Waals surface area (Å²) in [5.41, 5.74) is 0.810. The summed E-state index contributed by atoms with van der Waals surface area (Å²) in [5, 5.41) is 10.9. The molecule has 3 heterocycles. The number of ether oxygens (including phenoxy) is 1. The zero-order valence-electron chi connectivity index (χ0n) is 17.2. The van der Waals surface area contributed by atoms with Crippen molar-refractivity contribution < 1.29 is 28.6 Å². The minimum absolute atomic E-state index is 0.00395. The fourth-order valence-corrected chi connectivity index (χ4v) is 4.91. The van der Waals surface area contributed by atoms with E-state index >= 15 is 0 Å². The predicted molar refractivity (Wildman–Crippen MR) is 120 cm³/mol. The Kier molecular flexibility index (Phi) is 5.74. The van der Waals surface area contributed by atoms with E-state index in [1.54, 1.807) is 44.2 Å². The Hall–Kier alpha value is -3.24. The number of Topliss-reactive ketones (excluding diaryl/α,β-unsaturated/α-hetero) is 1. The van der Waals surface area contributed by atoms with E-state index in [1.165, 1.54) is 18.1 Å². The summed E-state index contributed by atoms with van der Waals surface area (Å²) in [6, 6.07) is 9.17. The van der Waals surface area contributed by atoms with Crippen molar-refractivity contribution in [1.29, 1.82) is 0 Å². The van der Waals surface area contributed by atoms with Crippen molar-refractivity contribution in [2.45, 2.75) is 19.9 Å². The van der Waals surface area contributed by atoms with Gasteiger partial charge in [-0.2, -0.15) is 0 Å². The van der Waals surface area contributed by atoms with E-state index < -0.39 is 29.5 Å². The maximum atomic E-state index is 13.3. The van der Waals surface area contributed by atoms with E-state index in [0.717, 1.165) is 15.8 Å². The molecule has 8 nitrogen and oxygen atoms in total. The van der Waals surface area contributed by atoms with Crippen LogP contribution in [-0.4, -0.2) is 34.9 Å². The number of ketones is 1. The third-order valence-electron chi connectivity index (χ3n) is 4.94. The Bertz CT molecular complexity index is 1290. The molecule has 164 valence electrons. The van der Waals surface area contributed by atoms with E-state index in [9.17, 15) is 19.5 Å². The monoisotopic (exact) mass is 516 g/mol. The molecule has 1 aliphatic rings. The number of rotatable bonds is 5. The second-order valence-electron chi connectivity index (χ2n) is 7.04. The second kappa shape index (κ2) is 8.36. The number of carbonyl (C=O) groups excluding carboxylic acids is 3. The van der Waals surface area contributed by atoms with E-state index in [2.05, 4.69) is 20.9 Å². The number of nitrogens with zero attached hydrogens (tertiary/aromatic N) is 2. The molecular formula is C22H17BrN2O6S. The summed E-state index contributed by atoms with van der Waals surface area (Å²) in [6.45, 7) is 3.31. The normalized spacial score (nSPS) is 16.1. The summed E-state index contributed by atoms with van der Waals surface area (Å²) in [6.07, 6.45) is 0. The van der Waals surface area contributed by atoms with E-state index in [-0.39, 0.29) is 21.3 Å². The number of aryl methyl sites for hydroxylation is 2. The van der Waals surface area contributed by atoms with Gasteiger partial charge in [-0.25, -0.2) is 9.78 Å². The van der Waals surface area contributed by atoms with Gasteiger partial charge in [0.25, 0.3) is 5.91 Å². The van der Waals surface area contributed by atoms with Crippen LogP contribution in [-0.2, 0) is 9.53 Å². The first-order chi connectivity index (χ1) is 15.2. The molecule has 0 saturated heterocycles. The van der Waals surface area contributed by atoms with Gasteiger partial charge in [0.2, 0.25) is 5.78 Å². The average Bonchev–Trinajstić information content (AvgIpc) is 3.43. The van der Waals surface area contributed by atoms with Gasteiger partial charge in [0, 0.05) is 4.47 Å². The number of hydrogen-bond acceptors (Lipinski definition) is 8. The van der Waals surface area contributed by atoms with E-state index in [4.69, 9.17) is 9.15 Å². The van der Waals surface area contributed by atoms with Crippen molar-refractivity contribution in [3.05, 3.63) is 79.9 Å². The third-order valence-corrected chi connectivity index (χ3v) is 6.57. The Morgan fingerprint density at radius 1 is 1.25 bits per heavy atom. The van der Waals surface area contributed by atoms with Crippen molar-refractivity contribution in [3.63, 3.8) is 0 Å². The maximum absolute atomic E-state index is 13.3. The number of halogens is 1. The molecule has 1 amide bonds. The second-order valence-corrected chi connectivity index (χ2v) is 8.93. The van der Waals surface area contributed by atoms with Crippen molar-refractivity contribution in [3.8, 4) is 0 Å². The van der Waals surface area contributed by atoms with Gasteiger partial charge in [-0.3, -0.25) is 14.5 Å². The summed E-state index contributed by atoms with van der Waals surface area (Å²) in [5.74, 6) is -2.17. The SMILES string of the molecule is COC(=O)c1sc(N2C(=O)C(O)=C(C(=O)c3ccc(C)o3)[C@@H]2c2cccc(Br)c2)nc1C. The molecule has 3 aromatic rings. The standard InChI is InChI=1S/C22H17BrN2O6S/c1-10-7-8-14(31-10)17(26)15-16(12-5-4-6-13(23)9-12)25(20(28)18(15)27)22-24-11(2)19(32-22)21(29)30-3/h4-9,16,27H,1-3H3/t16-/m0/s1. The number of furan rings is 1. The quantitative estimate of drug-likeness (QED) is 0.387. The van der Waals surface area contributed by atoms with Crippen molar-refractivity contribution in [2.75, 3.05) is 12.0 Å². The van der Waals surface area contributed by atoms with Gasteiger partial charge in [0.05, 0.1) is 24.4 Å². The molecule has 1 aromatic carbocycles. The molecule has 0 radical (unpaired) electrons. The number of anilines is 1. The van der Waals surface area contributed by atoms with Crippen LogP contribution in [0.5, 0.6) is 0 Å².